The Hall–Kier alpha value is -2.25. The van der Waals surface area contributed by atoms with Gasteiger partial charge in [-0.2, -0.15) is 5.26 Å². The van der Waals surface area contributed by atoms with Crippen molar-refractivity contribution in [1.82, 2.24) is 5.32 Å². The third kappa shape index (κ3) is 4.32. The Labute approximate surface area is 111 Å². The van der Waals surface area contributed by atoms with Gasteiger partial charge in [-0.1, -0.05) is 23.7 Å². The van der Waals surface area contributed by atoms with Crippen molar-refractivity contribution in [1.29, 1.82) is 5.26 Å². The molecule has 1 aromatic carbocycles. The minimum Gasteiger partial charge on any atom is -0.386 e. The Morgan fingerprint density at radius 3 is 2.94 bits per heavy atom. The summed E-state index contributed by atoms with van der Waals surface area (Å²) in [5.74, 6) is -0.490. The molecule has 0 spiro atoms. The van der Waals surface area contributed by atoms with Gasteiger partial charge in [0.1, 0.15) is 11.6 Å². The quantitative estimate of drug-likeness (QED) is 0.370. The Morgan fingerprint density at radius 1 is 1.56 bits per heavy atom. The summed E-state index contributed by atoms with van der Waals surface area (Å²) in [5, 5.41) is 14.7. The van der Waals surface area contributed by atoms with E-state index in [-0.39, 0.29) is 5.57 Å². The average molecular weight is 262 g/mol. The molecule has 0 heterocycles. The van der Waals surface area contributed by atoms with Crippen molar-refractivity contribution in [3.05, 3.63) is 53.7 Å². The van der Waals surface area contributed by atoms with Gasteiger partial charge in [0.2, 0.25) is 0 Å². The van der Waals surface area contributed by atoms with Crippen LogP contribution in [-0.2, 0) is 4.79 Å². The van der Waals surface area contributed by atoms with E-state index in [1.807, 2.05) is 6.07 Å². The van der Waals surface area contributed by atoms with E-state index in [1.54, 1.807) is 30.3 Å². The normalized spacial score (nSPS) is 10.3. The van der Waals surface area contributed by atoms with Crippen molar-refractivity contribution >= 4 is 23.2 Å². The van der Waals surface area contributed by atoms with Crippen LogP contribution in [0, 0.1) is 11.3 Å². The Morgan fingerprint density at radius 2 is 2.33 bits per heavy atom. The van der Waals surface area contributed by atoms with Crippen LogP contribution in [0.3, 0.4) is 0 Å². The number of amides is 1. The number of hydrogen-bond acceptors (Lipinski definition) is 3. The fraction of sp³-hybridized carbons (Fsp3) is 0.0769. The van der Waals surface area contributed by atoms with Crippen LogP contribution in [0.5, 0.6) is 0 Å². The topological polar surface area (TPSA) is 64.9 Å². The molecule has 92 valence electrons. The standard InChI is InChI=1S/C13H12ClN3O/c1-2-6-16-9-10(8-15)13(18)17-12-5-3-4-11(14)7-12/h2-5,7,9,16H,1,6H2,(H,17,18)/b10-9-. The highest BCUT2D eigenvalue weighted by Gasteiger charge is 2.08. The van der Waals surface area contributed by atoms with Gasteiger partial charge in [0.05, 0.1) is 0 Å². The second kappa shape index (κ2) is 7.15. The molecular formula is C13H12ClN3O. The average Bonchev–Trinajstić information content (AvgIpc) is 2.34. The fourth-order valence-corrected chi connectivity index (χ4v) is 1.35. The highest BCUT2D eigenvalue weighted by Crippen LogP contribution is 2.15. The van der Waals surface area contributed by atoms with Crippen molar-refractivity contribution in [2.24, 2.45) is 0 Å². The molecule has 0 saturated heterocycles. The zero-order valence-corrected chi connectivity index (χ0v) is 10.4. The Bertz CT molecular complexity index is 517. The van der Waals surface area contributed by atoms with Gasteiger partial charge < -0.3 is 10.6 Å². The lowest BCUT2D eigenvalue weighted by Crippen LogP contribution is -2.16. The van der Waals surface area contributed by atoms with E-state index < -0.39 is 5.91 Å². The van der Waals surface area contributed by atoms with Gasteiger partial charge in [-0.15, -0.1) is 6.58 Å². The fourth-order valence-electron chi connectivity index (χ4n) is 1.16. The van der Waals surface area contributed by atoms with Crippen LogP contribution in [0.25, 0.3) is 0 Å². The SMILES string of the molecule is C=CCN/C=C(/C#N)C(=O)Nc1cccc(Cl)c1. The number of nitrogens with one attached hydrogen (secondary N) is 2. The Balaban J connectivity index is 2.72. The van der Waals surface area contributed by atoms with E-state index in [2.05, 4.69) is 17.2 Å². The van der Waals surface area contributed by atoms with Crippen LogP contribution in [0.1, 0.15) is 0 Å². The first kappa shape index (κ1) is 13.8. The highest BCUT2D eigenvalue weighted by atomic mass is 35.5. The maximum Gasteiger partial charge on any atom is 0.267 e. The second-order valence-corrected chi connectivity index (χ2v) is 3.77. The van der Waals surface area contributed by atoms with Gasteiger partial charge >= 0.3 is 0 Å². The minimum absolute atomic E-state index is 0.0168. The summed E-state index contributed by atoms with van der Waals surface area (Å²) in [6.07, 6.45) is 2.97. The molecular weight excluding hydrogens is 250 g/mol. The zero-order chi connectivity index (χ0) is 13.4. The number of anilines is 1. The molecule has 0 aliphatic carbocycles. The number of nitrogens with zero attached hydrogens (tertiary/aromatic N) is 1. The summed E-state index contributed by atoms with van der Waals surface area (Å²) in [7, 11) is 0. The molecule has 5 heteroatoms. The maximum atomic E-state index is 11.7. The largest absolute Gasteiger partial charge is 0.386 e. The number of hydrogen-bond donors (Lipinski definition) is 2. The van der Waals surface area contributed by atoms with Crippen molar-refractivity contribution in [2.75, 3.05) is 11.9 Å². The smallest absolute Gasteiger partial charge is 0.267 e. The first-order valence-electron chi connectivity index (χ1n) is 5.19. The molecule has 0 atom stereocenters. The summed E-state index contributed by atoms with van der Waals surface area (Å²) in [5.41, 5.74) is 0.522. The monoisotopic (exact) mass is 261 g/mol. The molecule has 0 aliphatic heterocycles. The van der Waals surface area contributed by atoms with Crippen molar-refractivity contribution < 1.29 is 4.79 Å². The van der Waals surface area contributed by atoms with Crippen molar-refractivity contribution in [3.63, 3.8) is 0 Å². The van der Waals surface area contributed by atoms with Crippen LogP contribution < -0.4 is 10.6 Å². The van der Waals surface area contributed by atoms with Crippen LogP contribution in [0.15, 0.2) is 48.7 Å². The van der Waals surface area contributed by atoms with Crippen molar-refractivity contribution in [3.8, 4) is 6.07 Å². The first-order chi connectivity index (χ1) is 8.67. The zero-order valence-electron chi connectivity index (χ0n) is 9.61. The summed E-state index contributed by atoms with van der Waals surface area (Å²) < 4.78 is 0. The molecule has 0 fully saturated rings. The van der Waals surface area contributed by atoms with E-state index in [0.29, 0.717) is 17.3 Å². The number of benzene rings is 1. The molecule has 1 rings (SSSR count). The van der Waals surface area contributed by atoms with Gasteiger partial charge in [0, 0.05) is 23.5 Å². The third-order valence-electron chi connectivity index (χ3n) is 1.96. The molecule has 1 aromatic rings. The number of carbonyl (C=O) groups excluding carboxylic acids is 1. The number of carbonyl (C=O) groups is 1. The van der Waals surface area contributed by atoms with Gasteiger partial charge in [-0.05, 0) is 18.2 Å². The van der Waals surface area contributed by atoms with E-state index in [0.717, 1.165) is 0 Å². The molecule has 18 heavy (non-hydrogen) atoms. The molecule has 0 aliphatic rings. The number of nitriles is 1. The van der Waals surface area contributed by atoms with E-state index in [9.17, 15) is 4.79 Å². The lowest BCUT2D eigenvalue weighted by Gasteiger charge is -2.04. The molecule has 1 amide bonds. The van der Waals surface area contributed by atoms with E-state index in [1.165, 1.54) is 6.20 Å². The lowest BCUT2D eigenvalue weighted by atomic mass is 10.2. The molecule has 0 bridgehead atoms. The second-order valence-electron chi connectivity index (χ2n) is 3.33. The third-order valence-corrected chi connectivity index (χ3v) is 2.19. The molecule has 2 N–H and O–H groups in total. The van der Waals surface area contributed by atoms with E-state index in [4.69, 9.17) is 16.9 Å². The highest BCUT2D eigenvalue weighted by molar-refractivity contribution is 6.31. The van der Waals surface area contributed by atoms with Gasteiger partial charge in [-0.25, -0.2) is 0 Å². The summed E-state index contributed by atoms with van der Waals surface area (Å²) >= 11 is 5.79. The molecule has 0 radical (unpaired) electrons. The maximum absolute atomic E-state index is 11.7. The summed E-state index contributed by atoms with van der Waals surface area (Å²) in [4.78, 5) is 11.7. The predicted molar refractivity (Wildman–Crippen MR) is 72.0 cm³/mol. The molecule has 0 aromatic heterocycles. The van der Waals surface area contributed by atoms with Gasteiger partial charge in [0.25, 0.3) is 5.91 Å². The molecule has 0 saturated carbocycles. The summed E-state index contributed by atoms with van der Waals surface area (Å²) in [6.45, 7) is 4.00. The predicted octanol–water partition coefficient (Wildman–Crippen LogP) is 2.46. The van der Waals surface area contributed by atoms with E-state index >= 15 is 0 Å². The number of halogens is 1. The van der Waals surface area contributed by atoms with Crippen LogP contribution in [-0.4, -0.2) is 12.5 Å². The molecule has 4 nitrogen and oxygen atoms in total. The lowest BCUT2D eigenvalue weighted by molar-refractivity contribution is -0.112. The van der Waals surface area contributed by atoms with Gasteiger partial charge in [0.15, 0.2) is 0 Å². The number of rotatable bonds is 5. The minimum atomic E-state index is -0.490. The Kier molecular flexibility index (Phi) is 5.49. The summed E-state index contributed by atoms with van der Waals surface area (Å²) in [6, 6.07) is 8.52. The van der Waals surface area contributed by atoms with Crippen LogP contribution >= 0.6 is 11.6 Å². The first-order valence-corrected chi connectivity index (χ1v) is 5.56. The van der Waals surface area contributed by atoms with Crippen molar-refractivity contribution in [2.45, 2.75) is 0 Å². The molecule has 0 unspecified atom stereocenters. The van der Waals surface area contributed by atoms with Gasteiger partial charge in [-0.3, -0.25) is 4.79 Å². The van der Waals surface area contributed by atoms with Crippen LogP contribution in [0.4, 0.5) is 5.69 Å². The van der Waals surface area contributed by atoms with Crippen LogP contribution in [0.2, 0.25) is 5.02 Å².